The number of nitrogens with two attached hydrogens (primary N) is 1. The third-order valence-electron chi connectivity index (χ3n) is 1.03. The Labute approximate surface area is 65.3 Å². The first-order chi connectivity index (χ1) is 4.61. The Kier molecular flexibility index (Phi) is 1.67. The molecule has 1 heterocycles. The Hall–Kier alpha value is -0.970. The van der Waals surface area contributed by atoms with Gasteiger partial charge in [0.05, 0.1) is 0 Å². The number of halogens is 1. The lowest BCUT2D eigenvalue weighted by molar-refractivity contribution is 0.0687. The van der Waals surface area contributed by atoms with Gasteiger partial charge in [-0.05, 0) is 22.0 Å². The third kappa shape index (κ3) is 1.13. The average molecular weight is 205 g/mol. The zero-order valence-electron chi connectivity index (χ0n) is 4.91. The summed E-state index contributed by atoms with van der Waals surface area (Å²) in [5.74, 6) is 4.21. The maximum Gasteiger partial charge on any atom is 0.354 e. The highest BCUT2D eigenvalue weighted by atomic mass is 79.9. The van der Waals surface area contributed by atoms with Crippen LogP contribution in [-0.4, -0.2) is 15.8 Å². The van der Waals surface area contributed by atoms with E-state index >= 15 is 0 Å². The van der Waals surface area contributed by atoms with Gasteiger partial charge in [-0.15, -0.1) is 0 Å². The number of carboxylic acids is 1. The van der Waals surface area contributed by atoms with E-state index in [4.69, 9.17) is 10.9 Å². The number of hydrogen-bond donors (Lipinski definition) is 2. The van der Waals surface area contributed by atoms with Crippen LogP contribution in [0.2, 0.25) is 0 Å². The zero-order valence-corrected chi connectivity index (χ0v) is 6.50. The van der Waals surface area contributed by atoms with Crippen LogP contribution in [-0.2, 0) is 0 Å². The lowest BCUT2D eigenvalue weighted by Crippen LogP contribution is -2.14. The van der Waals surface area contributed by atoms with E-state index in [1.54, 1.807) is 0 Å². The molecule has 0 aliphatic carbocycles. The predicted octanol–water partition coefficient (Wildman–Crippen LogP) is 0.663. The van der Waals surface area contributed by atoms with Crippen LogP contribution in [0.1, 0.15) is 10.5 Å². The summed E-state index contributed by atoms with van der Waals surface area (Å²) in [7, 11) is 0. The maximum absolute atomic E-state index is 10.3. The van der Waals surface area contributed by atoms with E-state index in [2.05, 4.69) is 15.9 Å². The molecule has 0 fully saturated rings. The number of nitrogen functional groups attached to an aromatic ring is 1. The molecule has 3 N–H and O–H groups in total. The molecule has 0 radical (unpaired) electrons. The molecule has 0 atom stereocenters. The first-order valence-electron chi connectivity index (χ1n) is 2.47. The quantitative estimate of drug-likeness (QED) is 0.661. The molecule has 1 rings (SSSR count). The van der Waals surface area contributed by atoms with Crippen LogP contribution < -0.4 is 5.84 Å². The van der Waals surface area contributed by atoms with Crippen molar-refractivity contribution in [1.29, 1.82) is 0 Å². The molecule has 0 aliphatic rings. The highest BCUT2D eigenvalue weighted by Crippen LogP contribution is 2.11. The van der Waals surface area contributed by atoms with Crippen LogP contribution in [0.3, 0.4) is 0 Å². The van der Waals surface area contributed by atoms with Crippen LogP contribution in [0.4, 0.5) is 0 Å². The molecule has 0 bridgehead atoms. The van der Waals surface area contributed by atoms with Crippen LogP contribution in [0.15, 0.2) is 16.7 Å². The Balaban J connectivity index is 3.15. The van der Waals surface area contributed by atoms with Crippen molar-refractivity contribution in [3.05, 3.63) is 22.4 Å². The number of aromatic carboxylic acids is 1. The molecule has 0 unspecified atom stereocenters. The van der Waals surface area contributed by atoms with E-state index in [0.717, 1.165) is 4.68 Å². The van der Waals surface area contributed by atoms with Crippen LogP contribution in [0.25, 0.3) is 0 Å². The molecule has 1 aromatic heterocycles. The van der Waals surface area contributed by atoms with Crippen molar-refractivity contribution in [2.45, 2.75) is 0 Å². The third-order valence-corrected chi connectivity index (χ3v) is 1.47. The van der Waals surface area contributed by atoms with Crippen molar-refractivity contribution in [3.8, 4) is 0 Å². The maximum atomic E-state index is 10.3. The van der Waals surface area contributed by atoms with E-state index in [9.17, 15) is 4.79 Å². The van der Waals surface area contributed by atoms with Crippen LogP contribution >= 0.6 is 15.9 Å². The van der Waals surface area contributed by atoms with E-state index in [1.165, 1.54) is 12.3 Å². The van der Waals surface area contributed by atoms with Gasteiger partial charge >= 0.3 is 5.97 Å². The Bertz CT molecular complexity index is 269. The van der Waals surface area contributed by atoms with Gasteiger partial charge in [0.2, 0.25) is 0 Å². The van der Waals surface area contributed by atoms with Crippen molar-refractivity contribution in [1.82, 2.24) is 4.68 Å². The second-order valence-corrected chi connectivity index (χ2v) is 2.67. The molecule has 0 saturated heterocycles. The first kappa shape index (κ1) is 7.14. The summed E-state index contributed by atoms with van der Waals surface area (Å²) in [4.78, 5) is 10.3. The van der Waals surface area contributed by atoms with Gasteiger partial charge in [0, 0.05) is 10.7 Å². The summed E-state index contributed by atoms with van der Waals surface area (Å²) in [6.07, 6.45) is 1.48. The van der Waals surface area contributed by atoms with E-state index in [-0.39, 0.29) is 5.69 Å². The van der Waals surface area contributed by atoms with Crippen LogP contribution in [0.5, 0.6) is 0 Å². The highest BCUT2D eigenvalue weighted by molar-refractivity contribution is 9.10. The normalized spacial score (nSPS) is 9.70. The second-order valence-electron chi connectivity index (χ2n) is 1.76. The lowest BCUT2D eigenvalue weighted by Gasteiger charge is -1.93. The molecule has 1 aromatic rings. The number of hydrogen-bond acceptors (Lipinski definition) is 2. The Morgan fingerprint density at radius 3 is 2.60 bits per heavy atom. The Morgan fingerprint density at radius 1 is 1.80 bits per heavy atom. The highest BCUT2D eigenvalue weighted by Gasteiger charge is 2.08. The van der Waals surface area contributed by atoms with Gasteiger partial charge in [-0.2, -0.15) is 0 Å². The van der Waals surface area contributed by atoms with Gasteiger partial charge in [-0.25, -0.2) is 4.79 Å². The zero-order chi connectivity index (χ0) is 7.72. The molecule has 10 heavy (non-hydrogen) atoms. The van der Waals surface area contributed by atoms with Crippen molar-refractivity contribution in [2.24, 2.45) is 0 Å². The van der Waals surface area contributed by atoms with Gasteiger partial charge in [0.25, 0.3) is 0 Å². The first-order valence-corrected chi connectivity index (χ1v) is 3.27. The molecular formula is C5H5BrN2O2. The molecule has 0 amide bonds. The fraction of sp³-hybridized carbons (Fsp3) is 0. The van der Waals surface area contributed by atoms with Crippen LogP contribution in [0, 0.1) is 0 Å². The van der Waals surface area contributed by atoms with E-state index in [1.807, 2.05) is 0 Å². The monoisotopic (exact) mass is 204 g/mol. The van der Waals surface area contributed by atoms with Crippen molar-refractivity contribution in [3.63, 3.8) is 0 Å². The molecule has 0 saturated carbocycles. The molecule has 0 spiro atoms. The van der Waals surface area contributed by atoms with E-state index < -0.39 is 5.97 Å². The molecular weight excluding hydrogens is 200 g/mol. The summed E-state index contributed by atoms with van der Waals surface area (Å²) in [5.41, 5.74) is 0.0619. The number of carboxylic acid groups (broad SMARTS) is 1. The summed E-state index contributed by atoms with van der Waals surface area (Å²) in [5, 5.41) is 8.46. The lowest BCUT2D eigenvalue weighted by atomic mass is 10.4. The number of rotatable bonds is 1. The summed E-state index contributed by atoms with van der Waals surface area (Å²) >= 11 is 3.09. The average Bonchev–Trinajstić information content (AvgIpc) is 2.10. The van der Waals surface area contributed by atoms with Crippen molar-refractivity contribution >= 4 is 21.9 Å². The number of nitrogens with zero attached hydrogens (tertiary/aromatic N) is 1. The number of carbonyl (C=O) groups is 1. The minimum Gasteiger partial charge on any atom is -0.477 e. The summed E-state index contributed by atoms with van der Waals surface area (Å²) < 4.78 is 1.71. The SMILES string of the molecule is Nn1cc(Br)cc1C(=O)O. The van der Waals surface area contributed by atoms with Gasteiger partial charge in [-0.1, -0.05) is 0 Å². The minimum absolute atomic E-state index is 0.0619. The molecule has 54 valence electrons. The second kappa shape index (κ2) is 2.34. The largest absolute Gasteiger partial charge is 0.477 e. The topological polar surface area (TPSA) is 68.2 Å². The standard InChI is InChI=1S/C5H5BrN2O2/c6-3-1-4(5(9)10)8(7)2-3/h1-2H,7H2,(H,9,10). The van der Waals surface area contributed by atoms with Crippen molar-refractivity contribution < 1.29 is 9.90 Å². The molecule has 5 heteroatoms. The van der Waals surface area contributed by atoms with E-state index in [0.29, 0.717) is 4.47 Å². The molecule has 0 aromatic carbocycles. The fourth-order valence-electron chi connectivity index (χ4n) is 0.617. The summed E-state index contributed by atoms with van der Waals surface area (Å²) in [6.45, 7) is 0. The predicted molar refractivity (Wildman–Crippen MR) is 39.2 cm³/mol. The molecule has 0 aliphatic heterocycles. The smallest absolute Gasteiger partial charge is 0.354 e. The minimum atomic E-state index is -1.03. The van der Waals surface area contributed by atoms with Gasteiger partial charge < -0.3 is 10.9 Å². The summed E-state index contributed by atoms with van der Waals surface area (Å²) in [6, 6.07) is 1.43. The van der Waals surface area contributed by atoms with Gasteiger partial charge in [0.1, 0.15) is 5.69 Å². The molecule has 4 nitrogen and oxygen atoms in total. The van der Waals surface area contributed by atoms with Gasteiger partial charge in [0.15, 0.2) is 0 Å². The Morgan fingerprint density at radius 2 is 2.40 bits per heavy atom. The number of aromatic nitrogens is 1. The fourth-order valence-corrected chi connectivity index (χ4v) is 1.05. The van der Waals surface area contributed by atoms with Gasteiger partial charge in [-0.3, -0.25) is 4.68 Å². The van der Waals surface area contributed by atoms with Crippen molar-refractivity contribution in [2.75, 3.05) is 5.84 Å².